The summed E-state index contributed by atoms with van der Waals surface area (Å²) in [7, 11) is 0. The first-order chi connectivity index (χ1) is 11.9. The molecule has 0 bridgehead atoms. The van der Waals surface area contributed by atoms with Crippen molar-refractivity contribution in [2.45, 2.75) is 70.9 Å². The van der Waals surface area contributed by atoms with Crippen LogP contribution in [0.1, 0.15) is 77.1 Å². The zero-order valence-corrected chi connectivity index (χ0v) is 15.2. The molecular formula is C16H25N7O2. The summed E-state index contributed by atoms with van der Waals surface area (Å²) < 4.78 is 6.52. The maximum atomic E-state index is 13.3. The van der Waals surface area contributed by atoms with E-state index in [0.29, 0.717) is 18.2 Å². The summed E-state index contributed by atoms with van der Waals surface area (Å²) in [5.41, 5.74) is -0.246. The van der Waals surface area contributed by atoms with Gasteiger partial charge in [0.05, 0.1) is 6.04 Å². The molecule has 0 saturated carbocycles. The molecule has 2 atom stereocenters. The maximum Gasteiger partial charge on any atom is 0.247 e. The highest BCUT2D eigenvalue weighted by Crippen LogP contribution is 2.31. The molecule has 2 aromatic heterocycles. The molecule has 0 spiro atoms. The SMILES string of the molecule is CC(C(=O)N1CCCCCC1c1ncon1)n1nnnc1C(C)(C)C. The number of tetrazole rings is 1. The van der Waals surface area contributed by atoms with E-state index in [1.807, 2.05) is 32.6 Å². The Kier molecular flexibility index (Phi) is 4.82. The third kappa shape index (κ3) is 3.54. The maximum absolute atomic E-state index is 13.3. The third-order valence-corrected chi connectivity index (χ3v) is 4.60. The van der Waals surface area contributed by atoms with Crippen LogP contribution >= 0.6 is 0 Å². The van der Waals surface area contributed by atoms with E-state index < -0.39 is 6.04 Å². The van der Waals surface area contributed by atoms with Crippen molar-refractivity contribution in [1.29, 1.82) is 0 Å². The second-order valence-electron chi connectivity index (χ2n) is 7.56. The summed E-state index contributed by atoms with van der Waals surface area (Å²) >= 11 is 0. The van der Waals surface area contributed by atoms with E-state index >= 15 is 0 Å². The molecule has 25 heavy (non-hydrogen) atoms. The fourth-order valence-electron chi connectivity index (χ4n) is 3.26. The van der Waals surface area contributed by atoms with Gasteiger partial charge >= 0.3 is 0 Å². The summed E-state index contributed by atoms with van der Waals surface area (Å²) in [6.45, 7) is 8.60. The van der Waals surface area contributed by atoms with Crippen molar-refractivity contribution in [3.05, 3.63) is 18.0 Å². The molecule has 3 rings (SSSR count). The lowest BCUT2D eigenvalue weighted by Crippen LogP contribution is -2.40. The number of carbonyl (C=O) groups excluding carboxylic acids is 1. The van der Waals surface area contributed by atoms with Gasteiger partial charge < -0.3 is 9.42 Å². The van der Waals surface area contributed by atoms with Crippen molar-refractivity contribution >= 4 is 5.91 Å². The Morgan fingerprint density at radius 3 is 2.80 bits per heavy atom. The van der Waals surface area contributed by atoms with Crippen molar-refractivity contribution in [3.8, 4) is 0 Å². The van der Waals surface area contributed by atoms with Crippen LogP contribution in [0.4, 0.5) is 0 Å². The molecule has 0 aliphatic carbocycles. The van der Waals surface area contributed by atoms with Crippen molar-refractivity contribution in [1.82, 2.24) is 35.2 Å². The van der Waals surface area contributed by atoms with Gasteiger partial charge in [-0.2, -0.15) is 4.98 Å². The Labute approximate surface area is 146 Å². The monoisotopic (exact) mass is 347 g/mol. The van der Waals surface area contributed by atoms with Crippen LogP contribution in [-0.4, -0.2) is 47.7 Å². The lowest BCUT2D eigenvalue weighted by Gasteiger charge is -2.31. The molecule has 9 nitrogen and oxygen atoms in total. The van der Waals surface area contributed by atoms with E-state index in [4.69, 9.17) is 4.52 Å². The number of likely N-dealkylation sites (tertiary alicyclic amines) is 1. The summed E-state index contributed by atoms with van der Waals surface area (Å²) in [4.78, 5) is 19.3. The molecule has 2 aromatic rings. The Morgan fingerprint density at radius 1 is 1.32 bits per heavy atom. The van der Waals surface area contributed by atoms with Crippen LogP contribution in [0.5, 0.6) is 0 Å². The predicted octanol–water partition coefficient (Wildman–Crippen LogP) is 2.06. The minimum absolute atomic E-state index is 0.0190. The summed E-state index contributed by atoms with van der Waals surface area (Å²) in [6.07, 6.45) is 5.24. The molecule has 1 amide bonds. The highest BCUT2D eigenvalue weighted by molar-refractivity contribution is 5.80. The predicted molar refractivity (Wildman–Crippen MR) is 88.4 cm³/mol. The summed E-state index contributed by atoms with van der Waals surface area (Å²) in [6, 6.07) is -0.650. The highest BCUT2D eigenvalue weighted by atomic mass is 16.5. The molecular weight excluding hydrogens is 322 g/mol. The fraction of sp³-hybridized carbons (Fsp3) is 0.750. The van der Waals surface area contributed by atoms with Crippen LogP contribution in [-0.2, 0) is 10.2 Å². The van der Waals surface area contributed by atoms with Gasteiger partial charge in [-0.25, -0.2) is 4.68 Å². The van der Waals surface area contributed by atoms with Crippen LogP contribution in [0.2, 0.25) is 0 Å². The van der Waals surface area contributed by atoms with Crippen LogP contribution in [0, 0.1) is 0 Å². The van der Waals surface area contributed by atoms with E-state index in [0.717, 1.165) is 25.7 Å². The van der Waals surface area contributed by atoms with Crippen LogP contribution < -0.4 is 0 Å². The number of nitrogens with zero attached hydrogens (tertiary/aromatic N) is 7. The lowest BCUT2D eigenvalue weighted by molar-refractivity contribution is -0.137. The molecule has 1 saturated heterocycles. The Bertz CT molecular complexity index is 704. The second-order valence-corrected chi connectivity index (χ2v) is 7.56. The third-order valence-electron chi connectivity index (χ3n) is 4.60. The van der Waals surface area contributed by atoms with E-state index in [1.54, 1.807) is 4.68 Å². The first-order valence-electron chi connectivity index (χ1n) is 8.74. The highest BCUT2D eigenvalue weighted by Gasteiger charge is 2.35. The molecule has 1 aliphatic heterocycles. The lowest BCUT2D eigenvalue weighted by atomic mass is 9.95. The van der Waals surface area contributed by atoms with Crippen LogP contribution in [0.15, 0.2) is 10.9 Å². The van der Waals surface area contributed by atoms with Crippen molar-refractivity contribution in [2.24, 2.45) is 0 Å². The van der Waals surface area contributed by atoms with E-state index in [1.165, 1.54) is 6.39 Å². The van der Waals surface area contributed by atoms with Gasteiger partial charge in [-0.3, -0.25) is 4.79 Å². The standard InChI is InChI=1S/C16H25N7O2/c1-11(23-15(16(2,3)4)18-20-21-23)14(24)22-9-7-5-6-8-12(22)13-17-10-25-19-13/h10-12H,5-9H2,1-4H3. The van der Waals surface area contributed by atoms with Gasteiger partial charge in [0.1, 0.15) is 6.04 Å². The van der Waals surface area contributed by atoms with Crippen LogP contribution in [0.25, 0.3) is 0 Å². The van der Waals surface area contributed by atoms with Crippen molar-refractivity contribution < 1.29 is 9.32 Å². The Balaban J connectivity index is 1.88. The van der Waals surface area contributed by atoms with Gasteiger partial charge in [-0.05, 0) is 30.2 Å². The zero-order valence-electron chi connectivity index (χ0n) is 15.2. The van der Waals surface area contributed by atoms with E-state index in [-0.39, 0.29) is 17.4 Å². The summed E-state index contributed by atoms with van der Waals surface area (Å²) in [5, 5.41) is 15.9. The van der Waals surface area contributed by atoms with Gasteiger partial charge in [-0.15, -0.1) is 5.10 Å². The normalized spacial score (nSPS) is 20.3. The Hall–Kier alpha value is -2.32. The van der Waals surface area contributed by atoms with Gasteiger partial charge in [0.15, 0.2) is 11.6 Å². The smallest absolute Gasteiger partial charge is 0.247 e. The van der Waals surface area contributed by atoms with E-state index in [2.05, 4.69) is 25.7 Å². The van der Waals surface area contributed by atoms with Crippen LogP contribution in [0.3, 0.4) is 0 Å². The number of carbonyl (C=O) groups is 1. The van der Waals surface area contributed by atoms with Crippen molar-refractivity contribution in [3.63, 3.8) is 0 Å². The molecule has 9 heteroatoms. The fourth-order valence-corrected chi connectivity index (χ4v) is 3.26. The molecule has 136 valence electrons. The topological polar surface area (TPSA) is 103 Å². The van der Waals surface area contributed by atoms with Gasteiger partial charge in [0.25, 0.3) is 0 Å². The number of amides is 1. The Morgan fingerprint density at radius 2 is 2.12 bits per heavy atom. The largest absolute Gasteiger partial charge is 0.343 e. The molecule has 1 fully saturated rings. The zero-order chi connectivity index (χ0) is 18.0. The average Bonchev–Trinajstić information content (AvgIpc) is 3.21. The number of aromatic nitrogens is 6. The molecule has 2 unspecified atom stereocenters. The van der Waals surface area contributed by atoms with Gasteiger partial charge in [0.2, 0.25) is 12.3 Å². The van der Waals surface area contributed by atoms with Crippen molar-refractivity contribution in [2.75, 3.05) is 6.54 Å². The average molecular weight is 347 g/mol. The second kappa shape index (κ2) is 6.89. The first-order valence-corrected chi connectivity index (χ1v) is 8.74. The number of rotatable bonds is 3. The molecule has 0 N–H and O–H groups in total. The first kappa shape index (κ1) is 17.5. The molecule has 0 radical (unpaired) electrons. The minimum atomic E-state index is -0.489. The molecule has 1 aliphatic rings. The molecule has 0 aromatic carbocycles. The van der Waals surface area contributed by atoms with Gasteiger partial charge in [-0.1, -0.05) is 38.8 Å². The quantitative estimate of drug-likeness (QED) is 0.837. The van der Waals surface area contributed by atoms with Gasteiger partial charge in [0, 0.05) is 12.0 Å². The molecule has 3 heterocycles. The number of hydrogen-bond acceptors (Lipinski definition) is 7. The van der Waals surface area contributed by atoms with E-state index in [9.17, 15) is 4.79 Å². The number of hydrogen-bond donors (Lipinski definition) is 0. The minimum Gasteiger partial charge on any atom is -0.343 e. The summed E-state index contributed by atoms with van der Waals surface area (Å²) in [5.74, 6) is 1.24.